The van der Waals surface area contributed by atoms with Crippen molar-refractivity contribution in [2.24, 2.45) is 0 Å². The third kappa shape index (κ3) is 2.78. The van der Waals surface area contributed by atoms with Crippen LogP contribution >= 0.6 is 0 Å². The van der Waals surface area contributed by atoms with E-state index in [-0.39, 0.29) is 5.76 Å². The zero-order valence-electron chi connectivity index (χ0n) is 11.1. The normalized spacial score (nSPS) is 10.4. The topological polar surface area (TPSA) is 62.5 Å². The number of hydrogen-bond donors (Lipinski definition) is 2. The first kappa shape index (κ1) is 13.2. The van der Waals surface area contributed by atoms with Gasteiger partial charge < -0.3 is 14.8 Å². The van der Waals surface area contributed by atoms with Crippen LogP contribution in [-0.4, -0.2) is 11.1 Å². The first-order valence-corrected chi connectivity index (χ1v) is 6.25. The summed E-state index contributed by atoms with van der Waals surface area (Å²) in [5.41, 5.74) is 4.10. The Kier molecular flexibility index (Phi) is 3.90. The first-order chi connectivity index (χ1) is 9.13. The molecule has 4 heteroatoms. The van der Waals surface area contributed by atoms with E-state index >= 15 is 0 Å². The van der Waals surface area contributed by atoms with Crippen molar-refractivity contribution in [1.29, 1.82) is 0 Å². The average molecular weight is 259 g/mol. The maximum absolute atomic E-state index is 11.0. The van der Waals surface area contributed by atoms with E-state index in [1.165, 1.54) is 11.8 Å². The molecule has 0 saturated carbocycles. The summed E-state index contributed by atoms with van der Waals surface area (Å²) in [5.74, 6) is -1.04. The van der Waals surface area contributed by atoms with Crippen molar-refractivity contribution in [1.82, 2.24) is 0 Å². The van der Waals surface area contributed by atoms with Crippen LogP contribution in [0, 0.1) is 6.92 Å². The van der Waals surface area contributed by atoms with Gasteiger partial charge in [0.05, 0.1) is 6.26 Å². The van der Waals surface area contributed by atoms with E-state index in [4.69, 9.17) is 9.52 Å². The summed E-state index contributed by atoms with van der Waals surface area (Å²) in [6.07, 6.45) is 2.33. The number of furan rings is 1. The molecule has 4 nitrogen and oxygen atoms in total. The van der Waals surface area contributed by atoms with E-state index in [1.807, 2.05) is 19.1 Å². The number of carboxylic acid groups (broad SMARTS) is 1. The van der Waals surface area contributed by atoms with Gasteiger partial charge >= 0.3 is 5.97 Å². The van der Waals surface area contributed by atoms with Gasteiger partial charge in [0.15, 0.2) is 0 Å². The van der Waals surface area contributed by atoms with Crippen LogP contribution in [0.3, 0.4) is 0 Å². The number of nitrogens with one attached hydrogen (secondary N) is 1. The Bertz CT molecular complexity index is 587. The Morgan fingerprint density at radius 3 is 2.79 bits per heavy atom. The number of aromatic carboxylic acids is 1. The van der Waals surface area contributed by atoms with Gasteiger partial charge in [0.1, 0.15) is 0 Å². The molecular weight excluding hydrogens is 242 g/mol. The summed E-state index contributed by atoms with van der Waals surface area (Å²) >= 11 is 0. The Morgan fingerprint density at radius 2 is 2.11 bits per heavy atom. The van der Waals surface area contributed by atoms with Gasteiger partial charge in [-0.05, 0) is 30.5 Å². The highest BCUT2D eigenvalue weighted by molar-refractivity contribution is 5.86. The molecule has 0 aliphatic rings. The summed E-state index contributed by atoms with van der Waals surface area (Å²) in [7, 11) is 0. The molecule has 2 N–H and O–H groups in total. The van der Waals surface area contributed by atoms with Gasteiger partial charge in [-0.1, -0.05) is 25.1 Å². The minimum absolute atomic E-state index is 0.000803. The van der Waals surface area contributed by atoms with Crippen molar-refractivity contribution in [2.75, 3.05) is 5.32 Å². The number of carboxylic acids is 1. The van der Waals surface area contributed by atoms with Crippen LogP contribution in [-0.2, 0) is 13.0 Å². The Morgan fingerprint density at radius 1 is 1.32 bits per heavy atom. The highest BCUT2D eigenvalue weighted by atomic mass is 16.4. The Balaban J connectivity index is 2.19. The fourth-order valence-corrected chi connectivity index (χ4v) is 2.12. The Hall–Kier alpha value is -2.23. The lowest BCUT2D eigenvalue weighted by atomic mass is 10.1. The second-order valence-corrected chi connectivity index (χ2v) is 4.40. The lowest BCUT2D eigenvalue weighted by molar-refractivity contribution is 0.0661. The standard InChI is InChI=1S/C15H17NO3/c1-3-11-6-4-5-10(2)13(11)16-9-12-7-8-19-14(12)15(17)18/h4-8,16H,3,9H2,1-2H3,(H,17,18). The van der Waals surface area contributed by atoms with E-state index in [2.05, 4.69) is 18.3 Å². The highest BCUT2D eigenvalue weighted by Crippen LogP contribution is 2.22. The van der Waals surface area contributed by atoms with E-state index in [0.29, 0.717) is 12.1 Å². The van der Waals surface area contributed by atoms with Crippen molar-refractivity contribution < 1.29 is 14.3 Å². The van der Waals surface area contributed by atoms with E-state index < -0.39 is 5.97 Å². The van der Waals surface area contributed by atoms with Crippen LogP contribution in [0.2, 0.25) is 0 Å². The van der Waals surface area contributed by atoms with Crippen LogP contribution < -0.4 is 5.32 Å². The van der Waals surface area contributed by atoms with Gasteiger partial charge in [-0.2, -0.15) is 0 Å². The molecule has 0 aliphatic heterocycles. The molecule has 100 valence electrons. The van der Waals surface area contributed by atoms with Crippen molar-refractivity contribution in [2.45, 2.75) is 26.8 Å². The van der Waals surface area contributed by atoms with Gasteiger partial charge in [-0.15, -0.1) is 0 Å². The third-order valence-corrected chi connectivity index (χ3v) is 3.14. The molecule has 2 aromatic rings. The van der Waals surface area contributed by atoms with Crippen molar-refractivity contribution in [3.63, 3.8) is 0 Å². The molecule has 0 bridgehead atoms. The molecule has 0 amide bonds. The SMILES string of the molecule is CCc1cccc(C)c1NCc1ccoc1C(=O)O. The van der Waals surface area contributed by atoms with Gasteiger partial charge in [0, 0.05) is 17.8 Å². The van der Waals surface area contributed by atoms with Crippen LogP contribution in [0.1, 0.15) is 34.2 Å². The van der Waals surface area contributed by atoms with Crippen molar-refractivity contribution in [3.05, 3.63) is 53.0 Å². The molecule has 0 fully saturated rings. The predicted molar refractivity (Wildman–Crippen MR) is 73.6 cm³/mol. The molecule has 1 heterocycles. The maximum atomic E-state index is 11.0. The number of aryl methyl sites for hydroxylation is 2. The zero-order chi connectivity index (χ0) is 13.8. The summed E-state index contributed by atoms with van der Waals surface area (Å²) in [6.45, 7) is 4.57. The molecule has 2 rings (SSSR count). The molecular formula is C15H17NO3. The number of benzene rings is 1. The average Bonchev–Trinajstić information content (AvgIpc) is 2.85. The summed E-state index contributed by atoms with van der Waals surface area (Å²) < 4.78 is 4.96. The van der Waals surface area contributed by atoms with Crippen LogP contribution in [0.5, 0.6) is 0 Å². The second kappa shape index (κ2) is 5.61. The minimum Gasteiger partial charge on any atom is -0.475 e. The van der Waals surface area contributed by atoms with Gasteiger partial charge in [-0.3, -0.25) is 0 Å². The maximum Gasteiger partial charge on any atom is 0.372 e. The molecule has 0 unspecified atom stereocenters. The van der Waals surface area contributed by atoms with Crippen LogP contribution in [0.15, 0.2) is 34.9 Å². The highest BCUT2D eigenvalue weighted by Gasteiger charge is 2.14. The lowest BCUT2D eigenvalue weighted by Gasteiger charge is -2.13. The van der Waals surface area contributed by atoms with Crippen LogP contribution in [0.4, 0.5) is 5.69 Å². The molecule has 1 aromatic heterocycles. The van der Waals surface area contributed by atoms with Gasteiger partial charge in [0.2, 0.25) is 5.76 Å². The third-order valence-electron chi connectivity index (χ3n) is 3.14. The summed E-state index contributed by atoms with van der Waals surface area (Å²) in [5, 5.41) is 12.3. The molecule has 0 radical (unpaired) electrons. The number of anilines is 1. The lowest BCUT2D eigenvalue weighted by Crippen LogP contribution is -2.07. The van der Waals surface area contributed by atoms with Crippen LogP contribution in [0.25, 0.3) is 0 Å². The molecule has 19 heavy (non-hydrogen) atoms. The molecule has 0 atom stereocenters. The first-order valence-electron chi connectivity index (χ1n) is 6.25. The smallest absolute Gasteiger partial charge is 0.372 e. The largest absolute Gasteiger partial charge is 0.475 e. The van der Waals surface area contributed by atoms with E-state index in [1.54, 1.807) is 6.07 Å². The van der Waals surface area contributed by atoms with E-state index in [9.17, 15) is 4.79 Å². The number of para-hydroxylation sites is 1. The fourth-order valence-electron chi connectivity index (χ4n) is 2.12. The summed E-state index contributed by atoms with van der Waals surface area (Å²) in [4.78, 5) is 11.0. The van der Waals surface area contributed by atoms with Crippen molar-refractivity contribution in [3.8, 4) is 0 Å². The Labute approximate surface area is 112 Å². The fraction of sp³-hybridized carbons (Fsp3) is 0.267. The van der Waals surface area contributed by atoms with Crippen molar-refractivity contribution >= 4 is 11.7 Å². The molecule has 0 saturated heterocycles. The second-order valence-electron chi connectivity index (χ2n) is 4.40. The molecule has 0 spiro atoms. The quantitative estimate of drug-likeness (QED) is 0.863. The predicted octanol–water partition coefficient (Wildman–Crippen LogP) is 3.46. The monoisotopic (exact) mass is 259 g/mol. The number of rotatable bonds is 5. The summed E-state index contributed by atoms with van der Waals surface area (Å²) in [6, 6.07) is 7.82. The molecule has 1 aromatic carbocycles. The minimum atomic E-state index is -1.04. The van der Waals surface area contributed by atoms with Gasteiger partial charge in [0.25, 0.3) is 0 Å². The van der Waals surface area contributed by atoms with E-state index in [0.717, 1.165) is 17.7 Å². The molecule has 0 aliphatic carbocycles. The number of carbonyl (C=O) groups is 1. The zero-order valence-corrected chi connectivity index (χ0v) is 11.1. The van der Waals surface area contributed by atoms with Gasteiger partial charge in [-0.25, -0.2) is 4.79 Å². The number of hydrogen-bond acceptors (Lipinski definition) is 3.